The maximum atomic E-state index is 11.9. The molecule has 4 heteroatoms. The molecule has 0 aromatic heterocycles. The lowest BCUT2D eigenvalue weighted by atomic mass is 9.91. The molecule has 2 nitrogen and oxygen atoms in total. The molecule has 11 heavy (non-hydrogen) atoms. The van der Waals surface area contributed by atoms with Crippen LogP contribution in [0.1, 0.15) is 10.4 Å². The van der Waals surface area contributed by atoms with Crippen LogP contribution in [0.4, 0.5) is 4.32 Å². The van der Waals surface area contributed by atoms with Gasteiger partial charge in [-0.2, -0.15) is 0 Å². The Kier molecular flexibility index (Phi) is 2.26. The van der Waals surface area contributed by atoms with Crippen molar-refractivity contribution >= 4 is 19.0 Å². The Morgan fingerprint density at radius 2 is 1.91 bits per heavy atom. The standard InChI is InChI=1S/C7H6BFO2/c9-8-6-3-1-5(2-4-6)7(10)11/h1-4,8H,(H,10,11). The Hall–Kier alpha value is -1.32. The summed E-state index contributed by atoms with van der Waals surface area (Å²) in [5.41, 5.74) is 0.678. The fourth-order valence-electron chi connectivity index (χ4n) is 0.736. The van der Waals surface area contributed by atoms with Crippen LogP contribution in [-0.2, 0) is 0 Å². The van der Waals surface area contributed by atoms with Crippen molar-refractivity contribution in [2.75, 3.05) is 0 Å². The second-order valence-corrected chi connectivity index (χ2v) is 2.14. The van der Waals surface area contributed by atoms with Crippen molar-refractivity contribution in [1.82, 2.24) is 0 Å². The third-order valence-corrected chi connectivity index (χ3v) is 1.36. The number of carboxylic acids is 1. The van der Waals surface area contributed by atoms with E-state index in [1.807, 2.05) is 0 Å². The molecule has 0 saturated carbocycles. The lowest BCUT2D eigenvalue weighted by Gasteiger charge is -1.93. The Morgan fingerprint density at radius 3 is 2.27 bits per heavy atom. The minimum atomic E-state index is -0.990. The van der Waals surface area contributed by atoms with Gasteiger partial charge in [0.1, 0.15) is 0 Å². The van der Waals surface area contributed by atoms with E-state index < -0.39 is 13.5 Å². The summed E-state index contributed by atoms with van der Waals surface area (Å²) in [6.07, 6.45) is 0. The molecule has 0 unspecified atom stereocenters. The number of aromatic carboxylic acids is 1. The summed E-state index contributed by atoms with van der Waals surface area (Å²) in [5.74, 6) is -0.990. The molecule has 1 aromatic carbocycles. The average molecular weight is 152 g/mol. The highest BCUT2D eigenvalue weighted by molar-refractivity contribution is 6.46. The van der Waals surface area contributed by atoms with E-state index in [9.17, 15) is 9.11 Å². The summed E-state index contributed by atoms with van der Waals surface area (Å²) in [4.78, 5) is 10.3. The molecule has 1 aromatic rings. The van der Waals surface area contributed by atoms with E-state index in [4.69, 9.17) is 5.11 Å². The first-order valence-electron chi connectivity index (χ1n) is 3.12. The predicted octanol–water partition coefficient (Wildman–Crippen LogP) is 0.331. The molecule has 0 aliphatic carbocycles. The van der Waals surface area contributed by atoms with Gasteiger partial charge in [0, 0.05) is 0 Å². The van der Waals surface area contributed by atoms with Crippen molar-refractivity contribution in [3.8, 4) is 0 Å². The fraction of sp³-hybridized carbons (Fsp3) is 0. The van der Waals surface area contributed by atoms with Gasteiger partial charge in [-0.05, 0) is 17.6 Å². The van der Waals surface area contributed by atoms with Crippen molar-refractivity contribution in [3.63, 3.8) is 0 Å². The van der Waals surface area contributed by atoms with Crippen LogP contribution >= 0.6 is 0 Å². The number of rotatable bonds is 2. The van der Waals surface area contributed by atoms with Gasteiger partial charge in [-0.1, -0.05) is 12.1 Å². The van der Waals surface area contributed by atoms with E-state index in [2.05, 4.69) is 0 Å². The molecule has 0 radical (unpaired) electrons. The summed E-state index contributed by atoms with van der Waals surface area (Å²) in [6.45, 7) is 0. The molecule has 1 N–H and O–H groups in total. The summed E-state index contributed by atoms with van der Waals surface area (Å²) in [5, 5.41) is 8.45. The molecular weight excluding hydrogens is 146 g/mol. The molecule has 0 saturated heterocycles. The summed E-state index contributed by atoms with van der Waals surface area (Å²) < 4.78 is 11.9. The van der Waals surface area contributed by atoms with Crippen LogP contribution in [0.15, 0.2) is 24.3 Å². The molecule has 0 heterocycles. The summed E-state index contributed by atoms with van der Waals surface area (Å²) in [7, 11) is -0.556. The smallest absolute Gasteiger partial charge is 0.364 e. The second-order valence-electron chi connectivity index (χ2n) is 2.14. The predicted molar refractivity (Wildman–Crippen MR) is 41.3 cm³/mol. The van der Waals surface area contributed by atoms with Crippen molar-refractivity contribution in [3.05, 3.63) is 29.8 Å². The Bertz CT molecular complexity index is 258. The third-order valence-electron chi connectivity index (χ3n) is 1.36. The van der Waals surface area contributed by atoms with Gasteiger partial charge in [0.25, 0.3) is 0 Å². The molecule has 0 aliphatic rings. The van der Waals surface area contributed by atoms with Gasteiger partial charge in [0.2, 0.25) is 0 Å². The van der Waals surface area contributed by atoms with Crippen molar-refractivity contribution in [1.29, 1.82) is 0 Å². The molecule has 0 atom stereocenters. The van der Waals surface area contributed by atoms with Crippen LogP contribution in [-0.4, -0.2) is 18.6 Å². The lowest BCUT2D eigenvalue weighted by Crippen LogP contribution is -2.09. The molecule has 0 aliphatic heterocycles. The zero-order valence-electron chi connectivity index (χ0n) is 5.75. The highest BCUT2D eigenvalue weighted by Gasteiger charge is 2.01. The normalized spacial score (nSPS) is 9.18. The van der Waals surface area contributed by atoms with Crippen LogP contribution in [0.2, 0.25) is 0 Å². The number of carbonyl (C=O) groups is 1. The van der Waals surface area contributed by atoms with E-state index in [1.165, 1.54) is 24.3 Å². The fourth-order valence-corrected chi connectivity index (χ4v) is 0.736. The molecule has 0 amide bonds. The highest BCUT2D eigenvalue weighted by atomic mass is 19.1. The summed E-state index contributed by atoms with van der Waals surface area (Å²) in [6, 6.07) is 5.70. The van der Waals surface area contributed by atoms with Crippen LogP contribution < -0.4 is 5.46 Å². The van der Waals surface area contributed by atoms with Crippen molar-refractivity contribution < 1.29 is 14.2 Å². The minimum Gasteiger partial charge on any atom is -0.478 e. The first kappa shape index (κ1) is 7.79. The summed E-state index contributed by atoms with van der Waals surface area (Å²) >= 11 is 0. The van der Waals surface area contributed by atoms with E-state index in [1.54, 1.807) is 0 Å². The van der Waals surface area contributed by atoms with Gasteiger partial charge in [-0.25, -0.2) is 4.79 Å². The van der Waals surface area contributed by atoms with E-state index >= 15 is 0 Å². The zero-order chi connectivity index (χ0) is 8.27. The topological polar surface area (TPSA) is 37.3 Å². The highest BCUT2D eigenvalue weighted by Crippen LogP contribution is 1.95. The average Bonchev–Trinajstić information content (AvgIpc) is 2.05. The largest absolute Gasteiger partial charge is 0.478 e. The first-order valence-corrected chi connectivity index (χ1v) is 3.12. The van der Waals surface area contributed by atoms with Crippen LogP contribution in [0.5, 0.6) is 0 Å². The van der Waals surface area contributed by atoms with Gasteiger partial charge in [0.15, 0.2) is 0 Å². The SMILES string of the molecule is O=C(O)c1ccc(BF)cc1. The number of halogens is 1. The molecule has 1 rings (SSSR count). The maximum absolute atomic E-state index is 11.9. The quantitative estimate of drug-likeness (QED) is 0.620. The number of hydrogen-bond acceptors (Lipinski definition) is 1. The Morgan fingerprint density at radius 1 is 1.36 bits per heavy atom. The minimum absolute atomic E-state index is 0.183. The van der Waals surface area contributed by atoms with Crippen LogP contribution in [0.25, 0.3) is 0 Å². The van der Waals surface area contributed by atoms with Crippen molar-refractivity contribution in [2.45, 2.75) is 0 Å². The first-order chi connectivity index (χ1) is 5.24. The van der Waals surface area contributed by atoms with Gasteiger partial charge < -0.3 is 9.42 Å². The molecular formula is C7H6BFO2. The van der Waals surface area contributed by atoms with Gasteiger partial charge in [-0.3, -0.25) is 0 Å². The van der Waals surface area contributed by atoms with E-state index in [0.29, 0.717) is 5.46 Å². The lowest BCUT2D eigenvalue weighted by molar-refractivity contribution is 0.0697. The monoisotopic (exact) mass is 152 g/mol. The van der Waals surface area contributed by atoms with Crippen LogP contribution in [0, 0.1) is 0 Å². The van der Waals surface area contributed by atoms with Gasteiger partial charge in [0.05, 0.1) is 5.56 Å². The molecule has 56 valence electrons. The zero-order valence-corrected chi connectivity index (χ0v) is 5.75. The van der Waals surface area contributed by atoms with E-state index in [0.717, 1.165) is 0 Å². The van der Waals surface area contributed by atoms with Gasteiger partial charge >= 0.3 is 13.5 Å². The van der Waals surface area contributed by atoms with Gasteiger partial charge in [-0.15, -0.1) is 0 Å². The van der Waals surface area contributed by atoms with E-state index in [-0.39, 0.29) is 5.56 Å². The number of hydrogen-bond donors (Lipinski definition) is 1. The van der Waals surface area contributed by atoms with Crippen LogP contribution in [0.3, 0.4) is 0 Å². The third kappa shape index (κ3) is 1.80. The molecule has 0 spiro atoms. The number of benzene rings is 1. The number of carboxylic acid groups (broad SMARTS) is 1. The molecule has 0 fully saturated rings. The van der Waals surface area contributed by atoms with Crippen molar-refractivity contribution in [2.24, 2.45) is 0 Å². The molecule has 0 bridgehead atoms. The second kappa shape index (κ2) is 3.19. The Labute approximate surface area is 64.0 Å². The Balaban J connectivity index is 2.91. The maximum Gasteiger partial charge on any atom is 0.364 e.